The van der Waals surface area contributed by atoms with Crippen LogP contribution >= 0.6 is 0 Å². The molecule has 0 saturated heterocycles. The van der Waals surface area contributed by atoms with Crippen LogP contribution in [0.4, 0.5) is 0 Å². The summed E-state index contributed by atoms with van der Waals surface area (Å²) in [5.74, 6) is 1.97. The number of benzene rings is 1. The van der Waals surface area contributed by atoms with Gasteiger partial charge in [0, 0.05) is 7.11 Å². The van der Waals surface area contributed by atoms with E-state index in [1.54, 1.807) is 21.3 Å². The van der Waals surface area contributed by atoms with E-state index in [-0.39, 0.29) is 0 Å². The molecule has 0 aliphatic rings. The monoisotopic (exact) mass is 226 g/mol. The molecule has 0 fully saturated rings. The lowest BCUT2D eigenvalue weighted by molar-refractivity contribution is 0.142. The van der Waals surface area contributed by atoms with Crippen LogP contribution in [0.25, 0.3) is 0 Å². The second-order valence-electron chi connectivity index (χ2n) is 3.34. The molecule has 0 aromatic heterocycles. The molecular formula is C12H18O4. The predicted octanol–water partition coefficient (Wildman–Crippen LogP) is 2.04. The van der Waals surface area contributed by atoms with Crippen LogP contribution in [-0.4, -0.2) is 34.5 Å². The second-order valence-corrected chi connectivity index (χ2v) is 3.34. The van der Waals surface area contributed by atoms with Gasteiger partial charge in [0.25, 0.3) is 0 Å². The Kier molecular flexibility index (Phi) is 4.92. The molecule has 0 heterocycles. The number of rotatable bonds is 6. The van der Waals surface area contributed by atoms with Gasteiger partial charge in [0.15, 0.2) is 11.5 Å². The lowest BCUT2D eigenvalue weighted by atomic mass is 10.2. The zero-order chi connectivity index (χ0) is 12.0. The molecule has 0 atom stereocenters. The smallest absolute Gasteiger partial charge is 0.203 e. The van der Waals surface area contributed by atoms with Crippen LogP contribution in [0.5, 0.6) is 17.2 Å². The van der Waals surface area contributed by atoms with Crippen molar-refractivity contribution < 1.29 is 18.9 Å². The van der Waals surface area contributed by atoms with Crippen LogP contribution in [-0.2, 0) is 4.74 Å². The third-order valence-electron chi connectivity index (χ3n) is 2.14. The number of hydrogen-bond acceptors (Lipinski definition) is 4. The van der Waals surface area contributed by atoms with Crippen LogP contribution in [0, 0.1) is 6.92 Å². The molecule has 0 spiro atoms. The molecule has 0 aliphatic heterocycles. The fourth-order valence-corrected chi connectivity index (χ4v) is 1.38. The molecule has 1 aromatic carbocycles. The van der Waals surface area contributed by atoms with Crippen molar-refractivity contribution >= 4 is 0 Å². The highest BCUT2D eigenvalue weighted by atomic mass is 16.6. The summed E-state index contributed by atoms with van der Waals surface area (Å²) in [7, 11) is 4.85. The minimum absolute atomic E-state index is 0.465. The minimum atomic E-state index is 0.465. The van der Waals surface area contributed by atoms with Crippen LogP contribution in [0.3, 0.4) is 0 Å². The van der Waals surface area contributed by atoms with E-state index in [1.807, 2.05) is 19.1 Å². The van der Waals surface area contributed by atoms with Gasteiger partial charge >= 0.3 is 0 Å². The Morgan fingerprint density at radius 2 is 1.50 bits per heavy atom. The molecule has 0 bridgehead atoms. The maximum Gasteiger partial charge on any atom is 0.203 e. The van der Waals surface area contributed by atoms with E-state index in [0.29, 0.717) is 30.5 Å². The third kappa shape index (κ3) is 3.03. The molecule has 0 N–H and O–H groups in total. The highest BCUT2D eigenvalue weighted by Crippen LogP contribution is 2.38. The van der Waals surface area contributed by atoms with Crippen LogP contribution in [0.1, 0.15) is 5.56 Å². The Labute approximate surface area is 96.1 Å². The van der Waals surface area contributed by atoms with E-state index in [1.165, 1.54) is 0 Å². The molecular weight excluding hydrogens is 208 g/mol. The van der Waals surface area contributed by atoms with Crippen molar-refractivity contribution in [2.45, 2.75) is 6.92 Å². The van der Waals surface area contributed by atoms with Crippen LogP contribution in [0.15, 0.2) is 12.1 Å². The van der Waals surface area contributed by atoms with Crippen molar-refractivity contribution in [3.05, 3.63) is 17.7 Å². The van der Waals surface area contributed by atoms with Gasteiger partial charge < -0.3 is 18.9 Å². The average molecular weight is 226 g/mol. The Balaban J connectivity index is 2.93. The van der Waals surface area contributed by atoms with E-state index in [4.69, 9.17) is 18.9 Å². The Morgan fingerprint density at radius 1 is 0.938 bits per heavy atom. The fraction of sp³-hybridized carbons (Fsp3) is 0.500. The van der Waals surface area contributed by atoms with E-state index < -0.39 is 0 Å². The summed E-state index contributed by atoms with van der Waals surface area (Å²) in [6.07, 6.45) is 0. The van der Waals surface area contributed by atoms with E-state index >= 15 is 0 Å². The molecule has 1 rings (SSSR count). The second kappa shape index (κ2) is 6.23. The van der Waals surface area contributed by atoms with Crippen LogP contribution < -0.4 is 14.2 Å². The van der Waals surface area contributed by atoms with Crippen molar-refractivity contribution in [3.63, 3.8) is 0 Å². The highest BCUT2D eigenvalue weighted by Gasteiger charge is 2.12. The lowest BCUT2D eigenvalue weighted by Crippen LogP contribution is -2.06. The van der Waals surface area contributed by atoms with E-state index in [9.17, 15) is 0 Å². The van der Waals surface area contributed by atoms with Gasteiger partial charge in [0.2, 0.25) is 5.75 Å². The van der Waals surface area contributed by atoms with Crippen LogP contribution in [0.2, 0.25) is 0 Å². The van der Waals surface area contributed by atoms with Gasteiger partial charge in [0.1, 0.15) is 6.61 Å². The largest absolute Gasteiger partial charge is 0.493 e. The first-order valence-electron chi connectivity index (χ1n) is 5.07. The predicted molar refractivity (Wildman–Crippen MR) is 61.7 cm³/mol. The maximum atomic E-state index is 5.57. The van der Waals surface area contributed by atoms with Crippen molar-refractivity contribution in [2.24, 2.45) is 0 Å². The number of methoxy groups -OCH3 is 3. The summed E-state index contributed by atoms with van der Waals surface area (Å²) in [5, 5.41) is 0. The lowest BCUT2D eigenvalue weighted by Gasteiger charge is -2.14. The highest BCUT2D eigenvalue weighted by molar-refractivity contribution is 5.53. The average Bonchev–Trinajstić information content (AvgIpc) is 2.30. The van der Waals surface area contributed by atoms with Crippen molar-refractivity contribution in [3.8, 4) is 17.2 Å². The van der Waals surface area contributed by atoms with Crippen molar-refractivity contribution in [1.29, 1.82) is 0 Å². The van der Waals surface area contributed by atoms with Crippen molar-refractivity contribution in [2.75, 3.05) is 34.5 Å². The van der Waals surface area contributed by atoms with Gasteiger partial charge in [-0.15, -0.1) is 0 Å². The molecule has 0 radical (unpaired) electrons. The standard InChI is InChI=1S/C12H18O4/c1-9-7-10(14-3)12(11(8-9)15-4)16-6-5-13-2/h7-8H,5-6H2,1-4H3. The number of hydrogen-bond donors (Lipinski definition) is 0. The zero-order valence-electron chi connectivity index (χ0n) is 10.2. The summed E-state index contributed by atoms with van der Waals surface area (Å²) in [6.45, 7) is 2.97. The van der Waals surface area contributed by atoms with Gasteiger partial charge in [-0.25, -0.2) is 0 Å². The molecule has 4 heteroatoms. The molecule has 0 aliphatic carbocycles. The van der Waals surface area contributed by atoms with Gasteiger partial charge in [-0.2, -0.15) is 0 Å². The minimum Gasteiger partial charge on any atom is -0.493 e. The first-order valence-corrected chi connectivity index (χ1v) is 5.07. The Hall–Kier alpha value is -1.42. The first kappa shape index (κ1) is 12.6. The molecule has 0 saturated carbocycles. The van der Waals surface area contributed by atoms with Gasteiger partial charge in [-0.05, 0) is 24.6 Å². The molecule has 90 valence electrons. The van der Waals surface area contributed by atoms with Gasteiger partial charge in [-0.1, -0.05) is 0 Å². The summed E-state index contributed by atoms with van der Waals surface area (Å²) < 4.78 is 21.0. The number of ether oxygens (including phenoxy) is 4. The molecule has 0 amide bonds. The molecule has 16 heavy (non-hydrogen) atoms. The third-order valence-corrected chi connectivity index (χ3v) is 2.14. The van der Waals surface area contributed by atoms with E-state index in [0.717, 1.165) is 5.56 Å². The topological polar surface area (TPSA) is 36.9 Å². The maximum absolute atomic E-state index is 5.57. The van der Waals surface area contributed by atoms with Gasteiger partial charge in [-0.3, -0.25) is 0 Å². The summed E-state index contributed by atoms with van der Waals surface area (Å²) in [4.78, 5) is 0. The van der Waals surface area contributed by atoms with Gasteiger partial charge in [0.05, 0.1) is 20.8 Å². The van der Waals surface area contributed by atoms with Crippen molar-refractivity contribution in [1.82, 2.24) is 0 Å². The summed E-state index contributed by atoms with van der Waals surface area (Å²) >= 11 is 0. The summed E-state index contributed by atoms with van der Waals surface area (Å²) in [5.41, 5.74) is 1.06. The first-order chi connectivity index (χ1) is 7.72. The fourth-order valence-electron chi connectivity index (χ4n) is 1.38. The quantitative estimate of drug-likeness (QED) is 0.695. The zero-order valence-corrected chi connectivity index (χ0v) is 10.2. The van der Waals surface area contributed by atoms with E-state index in [2.05, 4.69) is 0 Å². The normalized spacial score (nSPS) is 10.0. The molecule has 1 aromatic rings. The molecule has 4 nitrogen and oxygen atoms in total. The SMILES string of the molecule is COCCOc1c(OC)cc(C)cc1OC. The molecule has 0 unspecified atom stereocenters. The Bertz CT molecular complexity index is 311. The summed E-state index contributed by atoms with van der Waals surface area (Å²) in [6, 6.07) is 3.81. The Morgan fingerprint density at radius 3 is 1.94 bits per heavy atom. The number of aryl methyl sites for hydroxylation is 1.